The third-order valence-corrected chi connectivity index (χ3v) is 1.53. The molecule has 0 unspecified atom stereocenters. The highest BCUT2D eigenvalue weighted by molar-refractivity contribution is 7.97. The van der Waals surface area contributed by atoms with Crippen LogP contribution in [0.2, 0.25) is 0 Å². The number of hydrogen-bond acceptors (Lipinski definition) is 3. The van der Waals surface area contributed by atoms with Gasteiger partial charge in [0.25, 0.3) is 0 Å². The maximum absolute atomic E-state index is 4.01. The first kappa shape index (κ1) is 4.97. The Morgan fingerprint density at radius 3 is 3.71 bits per heavy atom. The van der Waals surface area contributed by atoms with Gasteiger partial charge in [-0.05, 0) is 6.42 Å². The Kier molecular flexibility index (Phi) is 2.06. The molecule has 0 saturated heterocycles. The average Bonchev–Trinajstić information content (AvgIpc) is 1.90. The van der Waals surface area contributed by atoms with Gasteiger partial charge in [0.05, 0.1) is 6.34 Å². The zero-order chi connectivity index (χ0) is 4.95. The van der Waals surface area contributed by atoms with Crippen molar-refractivity contribution in [3.63, 3.8) is 0 Å². The summed E-state index contributed by atoms with van der Waals surface area (Å²) in [5, 5.41) is 0. The summed E-state index contributed by atoms with van der Waals surface area (Å²) in [5.41, 5.74) is 0. The fourth-order valence-electron chi connectivity index (χ4n) is 0.426. The highest BCUT2D eigenvalue weighted by atomic mass is 32.2. The van der Waals surface area contributed by atoms with Crippen LogP contribution in [0.5, 0.6) is 0 Å². The smallest absolute Gasteiger partial charge is 0.0922 e. The average molecular weight is 116 g/mol. The number of nitrogens with one attached hydrogen (secondary N) is 1. The van der Waals surface area contributed by atoms with Crippen LogP contribution in [0.1, 0.15) is 6.42 Å². The van der Waals surface area contributed by atoms with Gasteiger partial charge in [-0.1, -0.05) is 11.9 Å². The third kappa shape index (κ3) is 1.83. The van der Waals surface area contributed by atoms with Gasteiger partial charge >= 0.3 is 0 Å². The second-order valence-corrected chi connectivity index (χ2v) is 2.29. The molecule has 0 aromatic heterocycles. The van der Waals surface area contributed by atoms with Gasteiger partial charge in [0.2, 0.25) is 0 Å². The largest absolute Gasteiger partial charge is 0.321 e. The Balaban J connectivity index is 2.20. The fraction of sp³-hybridized carbons (Fsp3) is 0.750. The molecule has 1 N–H and O–H groups in total. The van der Waals surface area contributed by atoms with E-state index in [1.165, 1.54) is 12.2 Å². The number of aliphatic imine (C=N–C) groups is 1. The Labute approximate surface area is 47.5 Å². The van der Waals surface area contributed by atoms with E-state index in [0.717, 1.165) is 6.54 Å². The Morgan fingerprint density at radius 2 is 2.71 bits per heavy atom. The van der Waals surface area contributed by atoms with Crippen LogP contribution < -0.4 is 4.72 Å². The van der Waals surface area contributed by atoms with Crippen LogP contribution in [0, 0.1) is 0 Å². The van der Waals surface area contributed by atoms with Crippen LogP contribution in [-0.4, -0.2) is 18.6 Å². The number of nitrogens with zero attached hydrogens (tertiary/aromatic N) is 1. The first-order valence-corrected chi connectivity index (χ1v) is 3.34. The van der Waals surface area contributed by atoms with Crippen molar-refractivity contribution in [3.8, 4) is 0 Å². The predicted octanol–water partition coefficient (Wildman–Crippen LogP) is 0.656. The molecule has 0 atom stereocenters. The molecule has 7 heavy (non-hydrogen) atoms. The standard InChI is InChI=1S/C4H8N2S/c1-2-5-4-6-7-3-1/h4H,1-3H2,(H,5,6). The summed E-state index contributed by atoms with van der Waals surface area (Å²) in [6.07, 6.45) is 2.96. The maximum Gasteiger partial charge on any atom is 0.0922 e. The molecule has 0 radical (unpaired) electrons. The van der Waals surface area contributed by atoms with Crippen LogP contribution in [0.15, 0.2) is 4.99 Å². The molecule has 0 spiro atoms. The summed E-state index contributed by atoms with van der Waals surface area (Å²) in [6.45, 7) is 0.986. The molecule has 0 saturated carbocycles. The minimum absolute atomic E-state index is 0.986. The van der Waals surface area contributed by atoms with Gasteiger partial charge in [0, 0.05) is 12.3 Å². The predicted molar refractivity (Wildman–Crippen MR) is 33.6 cm³/mol. The zero-order valence-electron chi connectivity index (χ0n) is 4.05. The quantitative estimate of drug-likeness (QED) is 0.470. The summed E-state index contributed by atoms with van der Waals surface area (Å²) < 4.78 is 2.97. The molecule has 2 nitrogen and oxygen atoms in total. The highest BCUT2D eigenvalue weighted by Crippen LogP contribution is 1.97. The Bertz CT molecular complexity index is 64.1. The van der Waals surface area contributed by atoms with E-state index in [1.54, 1.807) is 18.3 Å². The molecule has 0 amide bonds. The van der Waals surface area contributed by atoms with Gasteiger partial charge in [-0.2, -0.15) is 0 Å². The van der Waals surface area contributed by atoms with Crippen LogP contribution >= 0.6 is 11.9 Å². The normalized spacial score (nSPS) is 20.6. The molecule has 1 aliphatic heterocycles. The lowest BCUT2D eigenvalue weighted by atomic mass is 10.5. The van der Waals surface area contributed by atoms with Crippen molar-refractivity contribution in [1.29, 1.82) is 0 Å². The SMILES string of the molecule is C1=NCCCSN1. The monoisotopic (exact) mass is 116 g/mol. The zero-order valence-corrected chi connectivity index (χ0v) is 4.87. The Morgan fingerprint density at radius 1 is 1.71 bits per heavy atom. The van der Waals surface area contributed by atoms with E-state index in [4.69, 9.17) is 0 Å². The summed E-state index contributed by atoms with van der Waals surface area (Å²) in [6, 6.07) is 0. The molecule has 1 heterocycles. The van der Waals surface area contributed by atoms with Gasteiger partial charge in [-0.3, -0.25) is 4.99 Å². The summed E-state index contributed by atoms with van der Waals surface area (Å²) in [5.74, 6) is 1.18. The first-order valence-electron chi connectivity index (χ1n) is 2.36. The van der Waals surface area contributed by atoms with Crippen LogP contribution in [0.25, 0.3) is 0 Å². The van der Waals surface area contributed by atoms with E-state index in [0.29, 0.717) is 0 Å². The van der Waals surface area contributed by atoms with E-state index < -0.39 is 0 Å². The van der Waals surface area contributed by atoms with E-state index >= 15 is 0 Å². The van der Waals surface area contributed by atoms with Crippen molar-refractivity contribution < 1.29 is 0 Å². The Hall–Kier alpha value is -0.180. The lowest BCUT2D eigenvalue weighted by Gasteiger charge is -1.88. The molecular formula is C4H8N2S. The summed E-state index contributed by atoms with van der Waals surface area (Å²) in [4.78, 5) is 4.01. The second-order valence-electron chi connectivity index (χ2n) is 1.36. The molecular weight excluding hydrogens is 108 g/mol. The maximum atomic E-state index is 4.01. The molecule has 0 fully saturated rings. The number of hydrogen-bond donors (Lipinski definition) is 1. The van der Waals surface area contributed by atoms with E-state index in [2.05, 4.69) is 9.71 Å². The molecule has 0 aromatic rings. The minimum Gasteiger partial charge on any atom is -0.321 e. The minimum atomic E-state index is 0.986. The van der Waals surface area contributed by atoms with E-state index in [1.807, 2.05) is 0 Å². The summed E-state index contributed by atoms with van der Waals surface area (Å²) >= 11 is 1.72. The molecule has 3 heteroatoms. The molecule has 0 aromatic carbocycles. The topological polar surface area (TPSA) is 24.4 Å². The van der Waals surface area contributed by atoms with E-state index in [9.17, 15) is 0 Å². The molecule has 1 rings (SSSR count). The van der Waals surface area contributed by atoms with Crippen LogP contribution in [0.4, 0.5) is 0 Å². The third-order valence-electron chi connectivity index (χ3n) is 0.761. The number of rotatable bonds is 0. The molecule has 0 aliphatic carbocycles. The van der Waals surface area contributed by atoms with Gasteiger partial charge in [-0.15, -0.1) is 0 Å². The van der Waals surface area contributed by atoms with Gasteiger partial charge in [0.15, 0.2) is 0 Å². The van der Waals surface area contributed by atoms with Crippen molar-refractivity contribution in [1.82, 2.24) is 4.72 Å². The van der Waals surface area contributed by atoms with Crippen molar-refractivity contribution in [2.45, 2.75) is 6.42 Å². The van der Waals surface area contributed by atoms with Crippen molar-refractivity contribution in [3.05, 3.63) is 0 Å². The first-order chi connectivity index (χ1) is 3.50. The van der Waals surface area contributed by atoms with Crippen molar-refractivity contribution in [2.75, 3.05) is 12.3 Å². The molecule has 1 aliphatic rings. The fourth-order valence-corrected chi connectivity index (χ4v) is 0.966. The highest BCUT2D eigenvalue weighted by Gasteiger charge is 1.88. The van der Waals surface area contributed by atoms with Gasteiger partial charge in [0.1, 0.15) is 0 Å². The van der Waals surface area contributed by atoms with Crippen LogP contribution in [0.3, 0.4) is 0 Å². The van der Waals surface area contributed by atoms with Gasteiger partial charge in [-0.25, -0.2) is 0 Å². The van der Waals surface area contributed by atoms with Crippen molar-refractivity contribution in [2.24, 2.45) is 4.99 Å². The van der Waals surface area contributed by atoms with E-state index in [-0.39, 0.29) is 0 Å². The molecule has 0 bridgehead atoms. The van der Waals surface area contributed by atoms with Gasteiger partial charge < -0.3 is 4.72 Å². The lowest BCUT2D eigenvalue weighted by Crippen LogP contribution is -1.95. The summed E-state index contributed by atoms with van der Waals surface area (Å²) in [7, 11) is 0. The van der Waals surface area contributed by atoms with Crippen molar-refractivity contribution >= 4 is 18.3 Å². The lowest BCUT2D eigenvalue weighted by molar-refractivity contribution is 0.953. The van der Waals surface area contributed by atoms with Crippen LogP contribution in [-0.2, 0) is 0 Å². The second kappa shape index (κ2) is 2.91. The molecule has 40 valence electrons.